The van der Waals surface area contributed by atoms with Gasteiger partial charge in [-0.25, -0.2) is 0 Å². The van der Waals surface area contributed by atoms with Crippen molar-refractivity contribution >= 4 is 17.0 Å². The molecular weight excluding hydrogens is 216 g/mol. The summed E-state index contributed by atoms with van der Waals surface area (Å²) >= 11 is 1.78. The predicted molar refractivity (Wildman–Crippen MR) is 70.0 cm³/mol. The first kappa shape index (κ1) is 10.6. The number of hydrogen-bond acceptors (Lipinski definition) is 3. The molecule has 16 heavy (non-hydrogen) atoms. The van der Waals surface area contributed by atoms with E-state index in [2.05, 4.69) is 21.7 Å². The maximum Gasteiger partial charge on any atom is 0.0475 e. The Bertz CT molecular complexity index is 330. The van der Waals surface area contributed by atoms with Crippen LogP contribution < -0.4 is 10.6 Å². The van der Waals surface area contributed by atoms with Gasteiger partial charge in [0.05, 0.1) is 0 Å². The average molecular weight is 236 g/mol. The van der Waals surface area contributed by atoms with Crippen molar-refractivity contribution in [3.63, 3.8) is 0 Å². The Morgan fingerprint density at radius 3 is 2.88 bits per heavy atom. The summed E-state index contributed by atoms with van der Waals surface area (Å²) in [6, 6.07) is 2.59. The van der Waals surface area contributed by atoms with E-state index in [9.17, 15) is 0 Å². The van der Waals surface area contributed by atoms with Gasteiger partial charge < -0.3 is 10.6 Å². The van der Waals surface area contributed by atoms with E-state index in [-0.39, 0.29) is 0 Å². The van der Waals surface area contributed by atoms with Crippen molar-refractivity contribution in [3.8, 4) is 0 Å². The molecule has 1 saturated carbocycles. The minimum atomic E-state index is 0.373. The highest BCUT2D eigenvalue weighted by Gasteiger charge is 2.31. The summed E-state index contributed by atoms with van der Waals surface area (Å²) in [6.07, 6.45) is 5.57. The number of thiophene rings is 1. The topological polar surface area (TPSA) is 29.3 Å². The normalized spacial score (nSPS) is 30.7. The van der Waals surface area contributed by atoms with E-state index in [1.807, 2.05) is 0 Å². The molecule has 1 aromatic heterocycles. The number of rotatable bonds is 3. The van der Waals surface area contributed by atoms with Crippen molar-refractivity contribution in [1.82, 2.24) is 0 Å². The number of anilines is 1. The van der Waals surface area contributed by atoms with Crippen LogP contribution in [0.4, 0.5) is 5.69 Å². The van der Waals surface area contributed by atoms with Crippen LogP contribution in [0.15, 0.2) is 16.8 Å². The lowest BCUT2D eigenvalue weighted by Crippen LogP contribution is -2.47. The molecular formula is C13H20N2S. The Hall–Kier alpha value is -0.540. The quantitative estimate of drug-likeness (QED) is 0.874. The molecule has 1 aliphatic carbocycles. The second kappa shape index (κ2) is 4.38. The van der Waals surface area contributed by atoms with Gasteiger partial charge in [0.2, 0.25) is 0 Å². The third-order valence-corrected chi connectivity index (χ3v) is 4.48. The number of nitrogens with two attached hydrogens (primary N) is 1. The predicted octanol–water partition coefficient (Wildman–Crippen LogP) is 2.70. The van der Waals surface area contributed by atoms with Gasteiger partial charge in [-0.1, -0.05) is 12.8 Å². The highest BCUT2D eigenvalue weighted by Crippen LogP contribution is 2.38. The maximum absolute atomic E-state index is 6.18. The first-order valence-corrected chi connectivity index (χ1v) is 7.28. The van der Waals surface area contributed by atoms with Gasteiger partial charge in [-0.15, -0.1) is 0 Å². The Labute approximate surface area is 101 Å². The first-order chi connectivity index (χ1) is 7.81. The van der Waals surface area contributed by atoms with Gasteiger partial charge in [0.15, 0.2) is 0 Å². The van der Waals surface area contributed by atoms with Crippen LogP contribution in [0, 0.1) is 11.8 Å². The van der Waals surface area contributed by atoms with Crippen LogP contribution in [-0.4, -0.2) is 19.1 Å². The number of hydrogen-bond donors (Lipinski definition) is 1. The van der Waals surface area contributed by atoms with Crippen molar-refractivity contribution < 1.29 is 0 Å². The Morgan fingerprint density at radius 2 is 2.19 bits per heavy atom. The van der Waals surface area contributed by atoms with Gasteiger partial charge in [0.1, 0.15) is 0 Å². The Balaban J connectivity index is 1.65. The van der Waals surface area contributed by atoms with E-state index in [4.69, 9.17) is 5.73 Å². The molecule has 2 atom stereocenters. The molecule has 3 heteroatoms. The molecule has 1 aliphatic heterocycles. The second-order valence-electron chi connectivity index (χ2n) is 5.43. The summed E-state index contributed by atoms with van der Waals surface area (Å²) in [6.45, 7) is 2.26. The molecule has 2 fully saturated rings. The minimum Gasteiger partial charge on any atom is -0.369 e. The average Bonchev–Trinajstić information content (AvgIpc) is 2.90. The van der Waals surface area contributed by atoms with Crippen LogP contribution in [0.25, 0.3) is 0 Å². The number of piperidine rings is 1. The largest absolute Gasteiger partial charge is 0.369 e. The van der Waals surface area contributed by atoms with Crippen LogP contribution in [0.2, 0.25) is 0 Å². The second-order valence-corrected chi connectivity index (χ2v) is 6.21. The molecule has 0 aromatic carbocycles. The van der Waals surface area contributed by atoms with Crippen LogP contribution in [0.5, 0.6) is 0 Å². The van der Waals surface area contributed by atoms with E-state index in [1.54, 1.807) is 11.3 Å². The van der Waals surface area contributed by atoms with Gasteiger partial charge in [-0.3, -0.25) is 0 Å². The Kier molecular flexibility index (Phi) is 2.90. The van der Waals surface area contributed by atoms with E-state index >= 15 is 0 Å². The lowest BCUT2D eigenvalue weighted by atomic mass is 9.90. The van der Waals surface area contributed by atoms with Crippen LogP contribution in [0.3, 0.4) is 0 Å². The maximum atomic E-state index is 6.18. The zero-order valence-corrected chi connectivity index (χ0v) is 10.5. The highest BCUT2D eigenvalue weighted by atomic mass is 32.1. The van der Waals surface area contributed by atoms with Crippen molar-refractivity contribution in [2.24, 2.45) is 17.6 Å². The molecule has 0 spiro atoms. The molecule has 1 aromatic rings. The SMILES string of the molecule is NC1CC(CC2CC2)CN(c2ccsc2)C1. The fourth-order valence-corrected chi connectivity index (χ4v) is 3.55. The van der Waals surface area contributed by atoms with Crippen molar-refractivity contribution in [2.75, 3.05) is 18.0 Å². The van der Waals surface area contributed by atoms with Crippen LogP contribution in [-0.2, 0) is 0 Å². The zero-order valence-electron chi connectivity index (χ0n) is 9.64. The summed E-state index contributed by atoms with van der Waals surface area (Å²) in [7, 11) is 0. The van der Waals surface area contributed by atoms with Gasteiger partial charge in [-0.05, 0) is 36.1 Å². The highest BCUT2D eigenvalue weighted by molar-refractivity contribution is 7.08. The summed E-state index contributed by atoms with van der Waals surface area (Å²) in [4.78, 5) is 2.48. The van der Waals surface area contributed by atoms with Crippen molar-refractivity contribution in [2.45, 2.75) is 31.7 Å². The van der Waals surface area contributed by atoms with E-state index in [0.717, 1.165) is 18.4 Å². The number of nitrogens with zero attached hydrogens (tertiary/aromatic N) is 1. The van der Waals surface area contributed by atoms with E-state index in [0.29, 0.717) is 6.04 Å². The third kappa shape index (κ3) is 2.41. The summed E-state index contributed by atoms with van der Waals surface area (Å²) in [5.74, 6) is 1.86. The fraction of sp³-hybridized carbons (Fsp3) is 0.692. The van der Waals surface area contributed by atoms with Gasteiger partial charge in [0, 0.05) is 30.2 Å². The summed E-state index contributed by atoms with van der Waals surface area (Å²) in [5, 5.41) is 4.40. The minimum absolute atomic E-state index is 0.373. The monoisotopic (exact) mass is 236 g/mol. The van der Waals surface area contributed by atoms with Crippen LogP contribution >= 0.6 is 11.3 Å². The molecule has 1 saturated heterocycles. The van der Waals surface area contributed by atoms with E-state index < -0.39 is 0 Å². The zero-order chi connectivity index (χ0) is 11.0. The Morgan fingerprint density at radius 1 is 1.31 bits per heavy atom. The lowest BCUT2D eigenvalue weighted by molar-refractivity contribution is 0.344. The standard InChI is InChI=1S/C13H20N2S/c14-12-6-11(5-10-1-2-10)7-15(8-12)13-3-4-16-9-13/h3-4,9-12H,1-2,5-8,14H2. The molecule has 2 unspecified atom stereocenters. The molecule has 2 N–H and O–H groups in total. The smallest absolute Gasteiger partial charge is 0.0475 e. The summed E-state index contributed by atoms with van der Waals surface area (Å²) in [5.41, 5.74) is 7.56. The van der Waals surface area contributed by atoms with E-state index in [1.165, 1.54) is 37.9 Å². The third-order valence-electron chi connectivity index (χ3n) is 3.80. The first-order valence-electron chi connectivity index (χ1n) is 6.34. The van der Waals surface area contributed by atoms with Crippen LogP contribution in [0.1, 0.15) is 25.7 Å². The molecule has 0 radical (unpaired) electrons. The molecule has 3 rings (SSSR count). The van der Waals surface area contributed by atoms with Gasteiger partial charge in [0.25, 0.3) is 0 Å². The van der Waals surface area contributed by atoms with Crippen molar-refractivity contribution in [3.05, 3.63) is 16.8 Å². The molecule has 2 aliphatic rings. The van der Waals surface area contributed by atoms with Gasteiger partial charge in [-0.2, -0.15) is 11.3 Å². The van der Waals surface area contributed by atoms with Gasteiger partial charge >= 0.3 is 0 Å². The molecule has 2 heterocycles. The fourth-order valence-electron chi connectivity index (χ4n) is 2.89. The molecule has 0 bridgehead atoms. The summed E-state index contributed by atoms with van der Waals surface area (Å²) < 4.78 is 0. The lowest BCUT2D eigenvalue weighted by Gasteiger charge is -2.37. The van der Waals surface area contributed by atoms with Crippen molar-refractivity contribution in [1.29, 1.82) is 0 Å². The molecule has 0 amide bonds. The molecule has 2 nitrogen and oxygen atoms in total. The molecule has 88 valence electrons.